The maximum absolute atomic E-state index is 12.5. The molecular formula is C38H38O8. The van der Waals surface area contributed by atoms with Crippen LogP contribution in [0.15, 0.2) is 97.1 Å². The predicted octanol–water partition coefficient (Wildman–Crippen LogP) is 8.33. The minimum absolute atomic E-state index is 0.0665. The average molecular weight is 623 g/mol. The van der Waals surface area contributed by atoms with Crippen molar-refractivity contribution in [2.24, 2.45) is 0 Å². The van der Waals surface area contributed by atoms with Crippen molar-refractivity contribution in [3.05, 3.63) is 119 Å². The summed E-state index contributed by atoms with van der Waals surface area (Å²) in [6.45, 7) is 4.87. The molecule has 0 aromatic heterocycles. The number of rotatable bonds is 17. The molecule has 0 saturated heterocycles. The number of carbonyl (C=O) groups excluding carboxylic acids is 4. The molecule has 0 amide bonds. The van der Waals surface area contributed by atoms with Crippen molar-refractivity contribution in [3.8, 4) is 23.0 Å². The van der Waals surface area contributed by atoms with Crippen molar-refractivity contribution in [2.45, 2.75) is 52.4 Å². The van der Waals surface area contributed by atoms with Gasteiger partial charge in [-0.15, -0.1) is 0 Å². The molecule has 0 bridgehead atoms. The van der Waals surface area contributed by atoms with Crippen LogP contribution >= 0.6 is 0 Å². The van der Waals surface area contributed by atoms with Gasteiger partial charge in [0, 0.05) is 24.0 Å². The van der Waals surface area contributed by atoms with Crippen LogP contribution < -0.4 is 18.9 Å². The van der Waals surface area contributed by atoms with E-state index in [1.54, 1.807) is 97.1 Å². The van der Waals surface area contributed by atoms with Gasteiger partial charge in [-0.2, -0.15) is 0 Å². The molecule has 0 spiro atoms. The lowest BCUT2D eigenvalue weighted by atomic mass is 10.1. The van der Waals surface area contributed by atoms with Gasteiger partial charge in [0.05, 0.1) is 24.3 Å². The summed E-state index contributed by atoms with van der Waals surface area (Å²) in [6, 6.07) is 26.6. The van der Waals surface area contributed by atoms with E-state index in [4.69, 9.17) is 18.9 Å². The summed E-state index contributed by atoms with van der Waals surface area (Å²) in [5.41, 5.74) is 1.98. The van der Waals surface area contributed by atoms with Crippen molar-refractivity contribution in [2.75, 3.05) is 13.2 Å². The molecule has 0 aliphatic rings. The number of benzene rings is 4. The van der Waals surface area contributed by atoms with Crippen LogP contribution in [0.5, 0.6) is 23.0 Å². The van der Waals surface area contributed by atoms with Gasteiger partial charge in [-0.3, -0.25) is 9.59 Å². The van der Waals surface area contributed by atoms with E-state index in [-0.39, 0.29) is 11.6 Å². The fourth-order valence-corrected chi connectivity index (χ4v) is 4.45. The van der Waals surface area contributed by atoms with E-state index >= 15 is 0 Å². The molecule has 0 aliphatic heterocycles. The van der Waals surface area contributed by atoms with Crippen molar-refractivity contribution in [1.29, 1.82) is 0 Å². The summed E-state index contributed by atoms with van der Waals surface area (Å²) < 4.78 is 22.4. The summed E-state index contributed by atoms with van der Waals surface area (Å²) in [4.78, 5) is 48.9. The zero-order valence-electron chi connectivity index (χ0n) is 26.2. The van der Waals surface area contributed by atoms with Gasteiger partial charge in [0.2, 0.25) is 0 Å². The Bertz CT molecular complexity index is 1470. The van der Waals surface area contributed by atoms with Crippen LogP contribution in [0.25, 0.3) is 0 Å². The monoisotopic (exact) mass is 622 g/mol. The number of carbonyl (C=O) groups is 4. The van der Waals surface area contributed by atoms with E-state index in [0.29, 0.717) is 71.3 Å². The first kappa shape index (κ1) is 33.6. The van der Waals surface area contributed by atoms with Crippen LogP contribution in [0.1, 0.15) is 93.8 Å². The Balaban J connectivity index is 1.12. The molecule has 0 atom stereocenters. The molecule has 0 saturated carbocycles. The minimum atomic E-state index is -0.493. The Morgan fingerprint density at radius 2 is 0.739 bits per heavy atom. The maximum Gasteiger partial charge on any atom is 0.343 e. The van der Waals surface area contributed by atoms with Crippen LogP contribution in [0.3, 0.4) is 0 Å². The predicted molar refractivity (Wildman–Crippen MR) is 174 cm³/mol. The Kier molecular flexibility index (Phi) is 12.7. The van der Waals surface area contributed by atoms with E-state index in [0.717, 1.165) is 25.7 Å². The van der Waals surface area contributed by atoms with Gasteiger partial charge in [0.15, 0.2) is 11.6 Å². The highest BCUT2D eigenvalue weighted by Crippen LogP contribution is 2.20. The standard InChI is InChI=1S/C38H38O8/c1-3-7-35(39)27-9-21-33(22-10-27)45-37(41)29-13-17-31(18-14-29)43-25-5-6-26-44-32-19-15-30(16-20-32)38(42)46-34-23-11-28(12-24-34)36(40)8-4-2/h9-24H,3-8,25-26H2,1-2H3. The molecule has 46 heavy (non-hydrogen) atoms. The molecule has 0 radical (unpaired) electrons. The van der Waals surface area contributed by atoms with Gasteiger partial charge in [0.1, 0.15) is 23.0 Å². The van der Waals surface area contributed by atoms with Crippen LogP contribution in [-0.2, 0) is 0 Å². The zero-order chi connectivity index (χ0) is 32.7. The quantitative estimate of drug-likeness (QED) is 0.0501. The third-order valence-corrected chi connectivity index (χ3v) is 6.98. The molecular weight excluding hydrogens is 584 g/mol. The summed E-state index contributed by atoms with van der Waals surface area (Å²) in [5.74, 6) is 1.17. The molecule has 0 fully saturated rings. The third-order valence-electron chi connectivity index (χ3n) is 6.98. The number of esters is 2. The first-order chi connectivity index (χ1) is 22.4. The van der Waals surface area contributed by atoms with Gasteiger partial charge >= 0.3 is 11.9 Å². The second-order valence-electron chi connectivity index (χ2n) is 10.6. The second kappa shape index (κ2) is 17.3. The van der Waals surface area contributed by atoms with Crippen molar-refractivity contribution < 1.29 is 38.1 Å². The van der Waals surface area contributed by atoms with Crippen LogP contribution in [0.2, 0.25) is 0 Å². The minimum Gasteiger partial charge on any atom is -0.494 e. The molecule has 4 rings (SSSR count). The van der Waals surface area contributed by atoms with Gasteiger partial charge in [-0.25, -0.2) is 9.59 Å². The second-order valence-corrected chi connectivity index (χ2v) is 10.6. The van der Waals surface area contributed by atoms with Crippen molar-refractivity contribution in [1.82, 2.24) is 0 Å². The van der Waals surface area contributed by atoms with E-state index in [9.17, 15) is 19.2 Å². The van der Waals surface area contributed by atoms with E-state index < -0.39 is 11.9 Å². The van der Waals surface area contributed by atoms with Crippen LogP contribution in [0, 0.1) is 0 Å². The molecule has 238 valence electrons. The normalized spacial score (nSPS) is 10.6. The highest BCUT2D eigenvalue weighted by Gasteiger charge is 2.12. The highest BCUT2D eigenvalue weighted by atomic mass is 16.5. The number of ketones is 2. The topological polar surface area (TPSA) is 105 Å². The van der Waals surface area contributed by atoms with E-state index in [1.807, 2.05) is 13.8 Å². The van der Waals surface area contributed by atoms with Gasteiger partial charge in [-0.05, 0) is 123 Å². The summed E-state index contributed by atoms with van der Waals surface area (Å²) in [5, 5.41) is 0. The Morgan fingerprint density at radius 1 is 0.435 bits per heavy atom. The number of hydrogen-bond donors (Lipinski definition) is 0. The average Bonchev–Trinajstić information content (AvgIpc) is 3.07. The number of hydrogen-bond acceptors (Lipinski definition) is 8. The van der Waals surface area contributed by atoms with E-state index in [1.165, 1.54) is 0 Å². The lowest BCUT2D eigenvalue weighted by molar-refractivity contribution is 0.0725. The highest BCUT2D eigenvalue weighted by molar-refractivity contribution is 5.97. The SMILES string of the molecule is CCCC(=O)c1ccc(OC(=O)c2ccc(OCCCCOc3ccc(C(=O)Oc4ccc(C(=O)CCC)cc4)cc3)cc2)cc1. The summed E-state index contributed by atoms with van der Waals surface area (Å²) in [7, 11) is 0. The van der Waals surface area contributed by atoms with Crippen molar-refractivity contribution >= 4 is 23.5 Å². The molecule has 8 nitrogen and oxygen atoms in total. The van der Waals surface area contributed by atoms with Crippen LogP contribution in [-0.4, -0.2) is 36.7 Å². The number of Topliss-reactive ketones (excluding diaryl/α,β-unsaturated/α-hetero) is 2. The Hall–Kier alpha value is -5.24. The first-order valence-electron chi connectivity index (χ1n) is 15.5. The lowest BCUT2D eigenvalue weighted by Gasteiger charge is -2.09. The first-order valence-corrected chi connectivity index (χ1v) is 15.5. The number of unbranched alkanes of at least 4 members (excludes halogenated alkanes) is 1. The Morgan fingerprint density at radius 3 is 1.07 bits per heavy atom. The molecule has 0 heterocycles. The van der Waals surface area contributed by atoms with Crippen LogP contribution in [0.4, 0.5) is 0 Å². The zero-order valence-corrected chi connectivity index (χ0v) is 26.2. The van der Waals surface area contributed by atoms with Crippen molar-refractivity contribution in [3.63, 3.8) is 0 Å². The summed E-state index contributed by atoms with van der Waals surface area (Å²) in [6.07, 6.45) is 4.05. The molecule has 0 unspecified atom stereocenters. The van der Waals surface area contributed by atoms with Gasteiger partial charge in [-0.1, -0.05) is 13.8 Å². The fraction of sp³-hybridized carbons (Fsp3) is 0.263. The molecule has 4 aromatic carbocycles. The smallest absolute Gasteiger partial charge is 0.343 e. The Labute approximate surface area is 269 Å². The fourth-order valence-electron chi connectivity index (χ4n) is 4.45. The van der Waals surface area contributed by atoms with Gasteiger partial charge in [0.25, 0.3) is 0 Å². The molecule has 0 N–H and O–H groups in total. The lowest BCUT2D eigenvalue weighted by Crippen LogP contribution is -2.09. The van der Waals surface area contributed by atoms with E-state index in [2.05, 4.69) is 0 Å². The summed E-state index contributed by atoms with van der Waals surface area (Å²) >= 11 is 0. The molecule has 0 aliphatic carbocycles. The number of ether oxygens (including phenoxy) is 4. The maximum atomic E-state index is 12.5. The third kappa shape index (κ3) is 10.2. The molecule has 4 aromatic rings. The largest absolute Gasteiger partial charge is 0.494 e. The molecule has 8 heteroatoms. The van der Waals surface area contributed by atoms with Gasteiger partial charge < -0.3 is 18.9 Å².